The second kappa shape index (κ2) is 11.4. The van der Waals surface area contributed by atoms with Crippen molar-refractivity contribution >= 4 is 5.97 Å². The molecule has 4 aliphatic heterocycles. The van der Waals surface area contributed by atoms with Crippen molar-refractivity contribution < 1.29 is 82.7 Å². The number of cyclic esters (lactones) is 1. The van der Waals surface area contributed by atoms with Crippen LogP contribution < -0.4 is 40.6 Å². The van der Waals surface area contributed by atoms with E-state index in [-0.39, 0.29) is 37.3 Å². The summed E-state index contributed by atoms with van der Waals surface area (Å²) in [4.78, 5) is 13.4. The van der Waals surface area contributed by atoms with Crippen molar-refractivity contribution in [3.63, 3.8) is 0 Å². The molecule has 7 rings (SSSR count). The molecule has 5 aliphatic rings. The Morgan fingerprint density at radius 3 is 2.33 bits per heavy atom. The van der Waals surface area contributed by atoms with Crippen LogP contribution in [0.2, 0.25) is 0 Å². The van der Waals surface area contributed by atoms with E-state index >= 15 is 0 Å². The number of aliphatic hydroxyl groups excluding tert-OH is 1. The van der Waals surface area contributed by atoms with Crippen molar-refractivity contribution in [3.05, 3.63) is 41.0 Å². The predicted molar refractivity (Wildman–Crippen MR) is 138 cm³/mol. The Balaban J connectivity index is 1.32. The van der Waals surface area contributed by atoms with Gasteiger partial charge in [-0.1, -0.05) is 0 Å². The molecule has 1 aliphatic carbocycles. The molecule has 2 aromatic carbocycles. The SMILES string of the molecule is COc1cc([C@@H]2c3cc4c(cc3C(OC3OC5CO[C@@H](C)O[C@H]5C([I-]O)[C@H]3O)[C@H]3COC(=O)C23)OCO4)cc(OC)c1O. The molecule has 0 spiro atoms. The van der Waals surface area contributed by atoms with Crippen molar-refractivity contribution in [1.82, 2.24) is 0 Å². The van der Waals surface area contributed by atoms with Gasteiger partial charge in [0, 0.05) is 0 Å². The standard InChI is InChI=1S/C29H32IO13/c1-11-37-9-20-27(41-11)23(30-34)25(32)29(42-20)43-26-14-7-17-16(39-10-40-17)6-13(14)21(22-15(26)8-38-28(22)33)12-4-18(35-2)24(31)19(5-12)36-3/h4-7,11,15,20-23,25-27,29,31-32,34H,8-10H2,1-3H3/q-1/t11-,15+,20?,21-,22?,23?,25-,26?,27-,29?/m1/s1. The zero-order valence-corrected chi connectivity index (χ0v) is 25.7. The second-order valence-corrected chi connectivity index (χ2v) is 13.0. The Hall–Kier alpha value is -2.60. The Morgan fingerprint density at radius 2 is 1.65 bits per heavy atom. The number of benzene rings is 2. The molecule has 0 radical (unpaired) electrons. The monoisotopic (exact) mass is 715 g/mol. The van der Waals surface area contributed by atoms with Gasteiger partial charge in [-0.25, -0.2) is 0 Å². The van der Waals surface area contributed by atoms with Gasteiger partial charge in [0.05, 0.1) is 14.2 Å². The summed E-state index contributed by atoms with van der Waals surface area (Å²) < 4.78 is 61.9. The number of esters is 1. The van der Waals surface area contributed by atoms with Crippen LogP contribution in [-0.4, -0.2) is 88.7 Å². The van der Waals surface area contributed by atoms with Gasteiger partial charge < -0.3 is 5.11 Å². The number of carbonyl (C=O) groups excluding carboxylic acids is 1. The van der Waals surface area contributed by atoms with Gasteiger partial charge >= 0.3 is 239 Å². The number of rotatable bonds is 6. The van der Waals surface area contributed by atoms with E-state index in [0.29, 0.717) is 22.6 Å². The van der Waals surface area contributed by atoms with Crippen LogP contribution >= 0.6 is 0 Å². The molecule has 0 amide bonds. The Morgan fingerprint density at radius 1 is 0.953 bits per heavy atom. The third-order valence-electron chi connectivity index (χ3n) is 8.81. The number of aromatic hydroxyl groups is 1. The number of alkyl halides is 1. The fourth-order valence-electron chi connectivity index (χ4n) is 6.82. The van der Waals surface area contributed by atoms with Crippen LogP contribution in [0.15, 0.2) is 24.3 Å². The molecular weight excluding hydrogens is 683 g/mol. The number of methoxy groups -OCH3 is 2. The summed E-state index contributed by atoms with van der Waals surface area (Å²) >= 11 is -1.45. The topological polar surface area (TPSA) is 161 Å². The minimum atomic E-state index is -1.45. The number of fused-ring (bicyclic) bond motifs is 4. The molecule has 5 unspecified atom stereocenters. The van der Waals surface area contributed by atoms with Gasteiger partial charge in [0.1, 0.15) is 0 Å². The normalized spacial score (nSPS) is 36.0. The Labute approximate surface area is 257 Å². The third kappa shape index (κ3) is 4.78. The Kier molecular flexibility index (Phi) is 7.72. The molecular formula is C29H32IO13-. The molecule has 14 heteroatoms. The van der Waals surface area contributed by atoms with Crippen LogP contribution in [0, 0.1) is 11.8 Å². The van der Waals surface area contributed by atoms with Gasteiger partial charge in [0.25, 0.3) is 0 Å². The van der Waals surface area contributed by atoms with Gasteiger partial charge in [-0.3, -0.25) is 0 Å². The number of hydrogen-bond acceptors (Lipinski definition) is 13. The predicted octanol–water partition coefficient (Wildman–Crippen LogP) is -1.66. The minimum absolute atomic E-state index is 0.0396. The molecule has 3 saturated heterocycles. The zero-order chi connectivity index (χ0) is 30.0. The quantitative estimate of drug-likeness (QED) is 0.178. The average Bonchev–Trinajstić information content (AvgIpc) is 3.63. The summed E-state index contributed by atoms with van der Waals surface area (Å²) in [5.41, 5.74) is 2.08. The number of phenols is 1. The molecule has 13 nitrogen and oxygen atoms in total. The maximum atomic E-state index is 13.4. The van der Waals surface area contributed by atoms with Crippen molar-refractivity contribution in [3.8, 4) is 28.7 Å². The molecule has 0 bridgehead atoms. The van der Waals surface area contributed by atoms with Crippen molar-refractivity contribution in [2.24, 2.45) is 11.8 Å². The molecule has 234 valence electrons. The van der Waals surface area contributed by atoms with Gasteiger partial charge in [0.2, 0.25) is 0 Å². The van der Waals surface area contributed by atoms with Crippen molar-refractivity contribution in [1.29, 1.82) is 0 Å². The first-order valence-corrected chi connectivity index (χ1v) is 16.1. The van der Waals surface area contributed by atoms with E-state index in [4.69, 9.17) is 42.6 Å². The van der Waals surface area contributed by atoms with Crippen LogP contribution in [0.1, 0.15) is 35.6 Å². The van der Waals surface area contributed by atoms with E-state index in [0.717, 1.165) is 5.56 Å². The van der Waals surface area contributed by atoms with Crippen LogP contribution in [0.25, 0.3) is 0 Å². The summed E-state index contributed by atoms with van der Waals surface area (Å²) in [6.07, 6.45) is -4.64. The average molecular weight is 715 g/mol. The van der Waals surface area contributed by atoms with E-state index in [2.05, 4.69) is 0 Å². The summed E-state index contributed by atoms with van der Waals surface area (Å²) in [6, 6.07) is 7.00. The number of hydrogen-bond donors (Lipinski definition) is 3. The summed E-state index contributed by atoms with van der Waals surface area (Å²) in [5, 5.41) is 21.9. The first-order chi connectivity index (χ1) is 20.8. The van der Waals surface area contributed by atoms with Gasteiger partial charge in [-0.2, -0.15) is 0 Å². The smallest absolute Gasteiger partial charge is 0.502 e. The van der Waals surface area contributed by atoms with Crippen LogP contribution in [-0.2, 0) is 28.5 Å². The number of halogens is 1. The van der Waals surface area contributed by atoms with E-state index in [9.17, 15) is 18.4 Å². The fraction of sp³-hybridized carbons (Fsp3) is 0.552. The number of ether oxygens (including phenoxy) is 9. The minimum Gasteiger partial charge on any atom is -0.502 e. The van der Waals surface area contributed by atoms with Crippen LogP contribution in [0.5, 0.6) is 28.7 Å². The van der Waals surface area contributed by atoms with E-state index in [1.807, 2.05) is 12.1 Å². The molecule has 3 fully saturated rings. The molecule has 43 heavy (non-hydrogen) atoms. The fourth-order valence-corrected chi connectivity index (χ4v) is 8.44. The molecule has 2 aromatic rings. The zero-order valence-electron chi connectivity index (χ0n) is 23.5. The number of carbonyl (C=O) groups is 1. The molecule has 10 atom stereocenters. The first-order valence-electron chi connectivity index (χ1n) is 13.9. The molecule has 3 N–H and O–H groups in total. The van der Waals surface area contributed by atoms with Crippen molar-refractivity contribution in [2.45, 2.75) is 53.8 Å². The van der Waals surface area contributed by atoms with Gasteiger partial charge in [0.15, 0.2) is 0 Å². The number of aliphatic hydroxyl groups is 1. The third-order valence-corrected chi connectivity index (χ3v) is 10.9. The van der Waals surface area contributed by atoms with Crippen LogP contribution in [0.3, 0.4) is 0 Å². The van der Waals surface area contributed by atoms with Gasteiger partial charge in [-0.05, 0) is 0 Å². The Bertz CT molecular complexity index is 1380. The summed E-state index contributed by atoms with van der Waals surface area (Å²) in [6.45, 7) is 2.09. The molecule has 0 saturated carbocycles. The number of phenolic OH excluding ortho intramolecular Hbond substituents is 1. The maximum absolute atomic E-state index is 13.4. The molecule has 0 aromatic heterocycles. The van der Waals surface area contributed by atoms with Crippen LogP contribution in [0.4, 0.5) is 0 Å². The second-order valence-electron chi connectivity index (χ2n) is 11.0. The first kappa shape index (κ1) is 29.1. The van der Waals surface area contributed by atoms with E-state index < -0.39 is 86.3 Å². The van der Waals surface area contributed by atoms with E-state index in [1.165, 1.54) is 14.2 Å². The van der Waals surface area contributed by atoms with Gasteiger partial charge in [-0.15, -0.1) is 0 Å². The molecule has 4 heterocycles. The van der Waals surface area contributed by atoms with E-state index in [1.54, 1.807) is 19.1 Å². The summed E-state index contributed by atoms with van der Waals surface area (Å²) in [5.74, 6) is -0.890. The summed E-state index contributed by atoms with van der Waals surface area (Å²) in [7, 11) is 2.87. The van der Waals surface area contributed by atoms with Crippen molar-refractivity contribution in [2.75, 3.05) is 34.2 Å².